The summed E-state index contributed by atoms with van der Waals surface area (Å²) in [5.41, 5.74) is 1.62. The molecule has 1 aromatic rings. The third kappa shape index (κ3) is 4.44. The Bertz CT molecular complexity index is 664. The van der Waals surface area contributed by atoms with Crippen molar-refractivity contribution in [2.45, 2.75) is 50.9 Å². The molecular weight excluding hydrogens is 340 g/mol. The lowest BCUT2D eigenvalue weighted by molar-refractivity contribution is -0.116. The molecule has 136 valence electrons. The van der Waals surface area contributed by atoms with Crippen LogP contribution in [0.15, 0.2) is 23.2 Å². The van der Waals surface area contributed by atoms with Gasteiger partial charge in [-0.15, -0.1) is 0 Å². The number of rotatable bonds is 5. The molecule has 1 aromatic carbocycles. The van der Waals surface area contributed by atoms with E-state index >= 15 is 0 Å². The molecule has 6 nitrogen and oxygen atoms in total. The highest BCUT2D eigenvalue weighted by Crippen LogP contribution is 2.34. The van der Waals surface area contributed by atoms with Crippen LogP contribution in [-0.4, -0.2) is 43.7 Å². The van der Waals surface area contributed by atoms with E-state index in [9.17, 15) is 4.79 Å². The first-order valence-corrected chi connectivity index (χ1v) is 9.12. The molecule has 3 rings (SSSR count). The van der Waals surface area contributed by atoms with Gasteiger partial charge in [-0.3, -0.25) is 9.79 Å². The van der Waals surface area contributed by atoms with Crippen LogP contribution in [0.1, 0.15) is 31.2 Å². The minimum absolute atomic E-state index is 0.0587. The molecule has 3 N–H and O–H groups in total. The fraction of sp³-hybridized carbons (Fsp3) is 0.556. The lowest BCUT2D eigenvalue weighted by Gasteiger charge is -2.22. The van der Waals surface area contributed by atoms with E-state index in [0.29, 0.717) is 36.1 Å². The topological polar surface area (TPSA) is 74.8 Å². The summed E-state index contributed by atoms with van der Waals surface area (Å²) in [5, 5.41) is 10.1. The SMILES string of the molecule is CN=C(NCCC(=O)Nc1cccc(Cl)c1C)NC1CC2CCC1O2. The summed E-state index contributed by atoms with van der Waals surface area (Å²) in [6, 6.07) is 5.80. The van der Waals surface area contributed by atoms with Gasteiger partial charge in [0.1, 0.15) is 0 Å². The average Bonchev–Trinajstić information content (AvgIpc) is 3.21. The van der Waals surface area contributed by atoms with Gasteiger partial charge in [-0.1, -0.05) is 17.7 Å². The minimum Gasteiger partial charge on any atom is -0.373 e. The van der Waals surface area contributed by atoms with Crippen molar-refractivity contribution in [1.29, 1.82) is 0 Å². The number of benzene rings is 1. The van der Waals surface area contributed by atoms with E-state index < -0.39 is 0 Å². The molecule has 2 bridgehead atoms. The summed E-state index contributed by atoms with van der Waals surface area (Å²) in [7, 11) is 1.73. The maximum absolute atomic E-state index is 12.1. The number of hydrogen-bond acceptors (Lipinski definition) is 3. The molecule has 2 fully saturated rings. The van der Waals surface area contributed by atoms with Crippen LogP contribution in [0.4, 0.5) is 5.69 Å². The lowest BCUT2D eigenvalue weighted by Crippen LogP contribution is -2.47. The van der Waals surface area contributed by atoms with Crippen molar-refractivity contribution >= 4 is 29.2 Å². The van der Waals surface area contributed by atoms with Crippen LogP contribution >= 0.6 is 11.6 Å². The summed E-state index contributed by atoms with van der Waals surface area (Å²) >= 11 is 6.07. The van der Waals surface area contributed by atoms with Crippen molar-refractivity contribution in [2.24, 2.45) is 4.99 Å². The number of hydrogen-bond donors (Lipinski definition) is 3. The Labute approximate surface area is 153 Å². The van der Waals surface area contributed by atoms with Gasteiger partial charge in [-0.25, -0.2) is 0 Å². The monoisotopic (exact) mass is 364 g/mol. The van der Waals surface area contributed by atoms with Crippen molar-refractivity contribution in [3.8, 4) is 0 Å². The Hall–Kier alpha value is -1.79. The predicted molar refractivity (Wildman–Crippen MR) is 100 cm³/mol. The van der Waals surface area contributed by atoms with Crippen molar-refractivity contribution in [1.82, 2.24) is 10.6 Å². The molecule has 0 saturated carbocycles. The van der Waals surface area contributed by atoms with E-state index in [0.717, 1.165) is 30.5 Å². The highest BCUT2D eigenvalue weighted by Gasteiger charge is 2.41. The van der Waals surface area contributed by atoms with Gasteiger partial charge in [0.15, 0.2) is 5.96 Å². The molecule has 25 heavy (non-hydrogen) atoms. The molecule has 7 heteroatoms. The van der Waals surface area contributed by atoms with Gasteiger partial charge in [0.05, 0.1) is 18.2 Å². The molecule has 0 spiro atoms. The van der Waals surface area contributed by atoms with Crippen LogP contribution in [0, 0.1) is 6.92 Å². The number of aliphatic imine (C=N–C) groups is 1. The quantitative estimate of drug-likeness (QED) is 0.554. The van der Waals surface area contributed by atoms with Gasteiger partial charge in [0.2, 0.25) is 5.91 Å². The number of ether oxygens (including phenoxy) is 1. The van der Waals surface area contributed by atoms with Crippen LogP contribution in [0.3, 0.4) is 0 Å². The second kappa shape index (κ2) is 8.06. The van der Waals surface area contributed by atoms with Crippen LogP contribution in [0.2, 0.25) is 5.02 Å². The van der Waals surface area contributed by atoms with Gasteiger partial charge in [0, 0.05) is 30.7 Å². The van der Waals surface area contributed by atoms with Crippen molar-refractivity contribution in [2.75, 3.05) is 18.9 Å². The largest absolute Gasteiger partial charge is 0.373 e. The zero-order valence-corrected chi connectivity index (χ0v) is 15.4. The Kier molecular flexibility index (Phi) is 5.81. The Morgan fingerprint density at radius 3 is 2.92 bits per heavy atom. The van der Waals surface area contributed by atoms with Gasteiger partial charge >= 0.3 is 0 Å². The molecule has 0 aliphatic carbocycles. The number of anilines is 1. The lowest BCUT2D eigenvalue weighted by atomic mass is 9.96. The second-order valence-electron chi connectivity index (χ2n) is 6.57. The average molecular weight is 365 g/mol. The first-order valence-electron chi connectivity index (χ1n) is 8.74. The minimum atomic E-state index is -0.0587. The highest BCUT2D eigenvalue weighted by atomic mass is 35.5. The van der Waals surface area contributed by atoms with E-state index in [1.807, 2.05) is 25.1 Å². The molecule has 1 amide bonds. The number of nitrogens with zero attached hydrogens (tertiary/aromatic N) is 1. The Balaban J connectivity index is 1.42. The molecule has 2 heterocycles. The highest BCUT2D eigenvalue weighted by molar-refractivity contribution is 6.31. The fourth-order valence-corrected chi connectivity index (χ4v) is 3.58. The Morgan fingerprint density at radius 1 is 1.40 bits per heavy atom. The molecule has 2 saturated heterocycles. The molecule has 0 aromatic heterocycles. The summed E-state index contributed by atoms with van der Waals surface area (Å²) in [5.74, 6) is 0.657. The van der Waals surface area contributed by atoms with Gasteiger partial charge in [-0.2, -0.15) is 0 Å². The number of carbonyl (C=O) groups excluding carboxylic acids is 1. The van der Waals surface area contributed by atoms with Gasteiger partial charge in [0.25, 0.3) is 0 Å². The van der Waals surface area contributed by atoms with Crippen LogP contribution in [0.5, 0.6) is 0 Å². The smallest absolute Gasteiger partial charge is 0.226 e. The zero-order chi connectivity index (χ0) is 17.8. The third-order valence-electron chi connectivity index (χ3n) is 4.84. The van der Waals surface area contributed by atoms with Gasteiger partial charge < -0.3 is 20.7 Å². The van der Waals surface area contributed by atoms with E-state index in [4.69, 9.17) is 16.3 Å². The molecule has 2 aliphatic heterocycles. The maximum atomic E-state index is 12.1. The van der Waals surface area contributed by atoms with Crippen LogP contribution in [-0.2, 0) is 9.53 Å². The second-order valence-corrected chi connectivity index (χ2v) is 6.98. The van der Waals surface area contributed by atoms with Crippen molar-refractivity contribution < 1.29 is 9.53 Å². The van der Waals surface area contributed by atoms with E-state index in [1.165, 1.54) is 0 Å². The van der Waals surface area contributed by atoms with Crippen molar-refractivity contribution in [3.63, 3.8) is 0 Å². The zero-order valence-electron chi connectivity index (χ0n) is 14.6. The summed E-state index contributed by atoms with van der Waals surface area (Å²) in [6.07, 6.45) is 4.34. The normalized spacial score (nSPS) is 25.1. The first kappa shape index (κ1) is 18.0. The third-order valence-corrected chi connectivity index (χ3v) is 5.25. The number of halogens is 1. The molecule has 0 radical (unpaired) electrons. The molecule has 3 atom stereocenters. The van der Waals surface area contributed by atoms with Crippen LogP contribution < -0.4 is 16.0 Å². The number of nitrogens with one attached hydrogen (secondary N) is 3. The molecule has 3 unspecified atom stereocenters. The van der Waals surface area contributed by atoms with E-state index in [-0.39, 0.29) is 12.0 Å². The predicted octanol–water partition coefficient (Wildman–Crippen LogP) is 2.46. The van der Waals surface area contributed by atoms with Crippen molar-refractivity contribution in [3.05, 3.63) is 28.8 Å². The maximum Gasteiger partial charge on any atom is 0.226 e. The first-order chi connectivity index (χ1) is 12.1. The molecule has 2 aliphatic rings. The van der Waals surface area contributed by atoms with Gasteiger partial charge in [-0.05, 0) is 43.9 Å². The van der Waals surface area contributed by atoms with E-state index in [1.54, 1.807) is 7.05 Å². The molecular formula is C18H25ClN4O2. The number of guanidine groups is 1. The summed E-state index contributed by atoms with van der Waals surface area (Å²) in [6.45, 7) is 2.39. The summed E-state index contributed by atoms with van der Waals surface area (Å²) in [4.78, 5) is 16.4. The van der Waals surface area contributed by atoms with E-state index in [2.05, 4.69) is 20.9 Å². The number of amides is 1. The summed E-state index contributed by atoms with van der Waals surface area (Å²) < 4.78 is 5.84. The number of fused-ring (bicyclic) bond motifs is 2. The Morgan fingerprint density at radius 2 is 2.24 bits per heavy atom. The van der Waals surface area contributed by atoms with Crippen LogP contribution in [0.25, 0.3) is 0 Å². The fourth-order valence-electron chi connectivity index (χ4n) is 3.41. The number of carbonyl (C=O) groups is 1. The standard InChI is InChI=1S/C18H25ClN4O2/c1-11-13(19)4-3-5-14(11)22-17(24)8-9-21-18(20-2)23-15-10-12-6-7-16(15)25-12/h3-5,12,15-16H,6-10H2,1-2H3,(H,22,24)(H2,20,21,23).